The lowest BCUT2D eigenvalue weighted by Gasteiger charge is -2.12. The molecule has 2 N–H and O–H groups in total. The standard InChI is InChI=1S/C16H10Cl2F3N3O2S/c17-9-6-7-11(12(18)8-9)13-14(16(19,20)21)22-23-15(13)24-27(25,26)10-4-2-1-3-5-10/h1-8H,(H2,22,23,24). The molecule has 0 saturated carbocycles. The minimum Gasteiger partial charge on any atom is -0.271 e. The molecule has 3 rings (SSSR count). The largest absolute Gasteiger partial charge is 0.433 e. The summed E-state index contributed by atoms with van der Waals surface area (Å²) in [6.07, 6.45) is -4.82. The van der Waals surface area contributed by atoms with Gasteiger partial charge in [-0.15, -0.1) is 0 Å². The highest BCUT2D eigenvalue weighted by Gasteiger charge is 2.39. The number of rotatable bonds is 4. The molecule has 1 heterocycles. The fourth-order valence-electron chi connectivity index (χ4n) is 2.36. The third kappa shape index (κ3) is 4.05. The summed E-state index contributed by atoms with van der Waals surface area (Å²) in [6, 6.07) is 11.0. The summed E-state index contributed by atoms with van der Waals surface area (Å²) >= 11 is 11.8. The van der Waals surface area contributed by atoms with E-state index in [0.717, 1.165) is 0 Å². The Morgan fingerprint density at radius 3 is 2.30 bits per heavy atom. The Bertz CT molecular complexity index is 1080. The summed E-state index contributed by atoms with van der Waals surface area (Å²) in [5.74, 6) is -0.532. The summed E-state index contributed by atoms with van der Waals surface area (Å²) < 4.78 is 67.2. The van der Waals surface area contributed by atoms with Crippen LogP contribution in [0.2, 0.25) is 10.0 Å². The Morgan fingerprint density at radius 2 is 1.70 bits per heavy atom. The van der Waals surface area contributed by atoms with E-state index in [-0.39, 0.29) is 20.5 Å². The van der Waals surface area contributed by atoms with Crippen molar-refractivity contribution in [3.63, 3.8) is 0 Å². The zero-order chi connectivity index (χ0) is 19.8. The lowest BCUT2D eigenvalue weighted by molar-refractivity contribution is -0.140. The van der Waals surface area contributed by atoms with Gasteiger partial charge in [-0.1, -0.05) is 47.5 Å². The first-order chi connectivity index (χ1) is 12.6. The van der Waals surface area contributed by atoms with Gasteiger partial charge in [0.05, 0.1) is 15.5 Å². The fourth-order valence-corrected chi connectivity index (χ4v) is 3.90. The van der Waals surface area contributed by atoms with Crippen LogP contribution >= 0.6 is 23.2 Å². The average Bonchev–Trinajstić information content (AvgIpc) is 2.99. The van der Waals surface area contributed by atoms with Gasteiger partial charge in [-0.3, -0.25) is 9.82 Å². The zero-order valence-corrected chi connectivity index (χ0v) is 15.5. The minimum atomic E-state index is -4.82. The van der Waals surface area contributed by atoms with E-state index in [1.165, 1.54) is 42.5 Å². The Balaban J connectivity index is 2.16. The fraction of sp³-hybridized carbons (Fsp3) is 0.0625. The summed E-state index contributed by atoms with van der Waals surface area (Å²) in [5, 5.41) is 5.47. The van der Waals surface area contributed by atoms with E-state index in [1.54, 1.807) is 6.07 Å². The maximum Gasteiger partial charge on any atom is 0.433 e. The number of hydrogen-bond acceptors (Lipinski definition) is 3. The summed E-state index contributed by atoms with van der Waals surface area (Å²) in [7, 11) is -4.17. The Morgan fingerprint density at radius 1 is 1.04 bits per heavy atom. The highest BCUT2D eigenvalue weighted by atomic mass is 35.5. The summed E-state index contributed by atoms with van der Waals surface area (Å²) in [6.45, 7) is 0. The van der Waals surface area contributed by atoms with Gasteiger partial charge in [-0.2, -0.15) is 18.3 Å². The number of benzene rings is 2. The van der Waals surface area contributed by atoms with Crippen LogP contribution in [-0.4, -0.2) is 18.6 Å². The number of nitrogens with zero attached hydrogens (tertiary/aromatic N) is 1. The predicted octanol–water partition coefficient (Wildman–Crippen LogP) is 5.20. The first-order valence-electron chi connectivity index (χ1n) is 7.28. The SMILES string of the molecule is O=S(=O)(Nc1n[nH]c(C(F)(F)F)c1-c1ccc(Cl)cc1Cl)c1ccccc1. The second-order valence-corrected chi connectivity index (χ2v) is 7.89. The van der Waals surface area contributed by atoms with Crippen molar-refractivity contribution < 1.29 is 21.6 Å². The van der Waals surface area contributed by atoms with E-state index in [0.29, 0.717) is 0 Å². The van der Waals surface area contributed by atoms with Gasteiger partial charge in [0, 0.05) is 10.6 Å². The van der Waals surface area contributed by atoms with Crippen molar-refractivity contribution in [3.05, 3.63) is 64.3 Å². The molecule has 0 aliphatic carbocycles. The number of aromatic nitrogens is 2. The Labute approximate surface area is 162 Å². The highest BCUT2D eigenvalue weighted by molar-refractivity contribution is 7.92. The molecule has 0 spiro atoms. The van der Waals surface area contributed by atoms with Gasteiger partial charge in [0.25, 0.3) is 10.0 Å². The van der Waals surface area contributed by atoms with Gasteiger partial charge >= 0.3 is 6.18 Å². The normalized spacial score (nSPS) is 12.2. The molecule has 0 fully saturated rings. The van der Waals surface area contributed by atoms with Gasteiger partial charge in [-0.25, -0.2) is 8.42 Å². The third-order valence-electron chi connectivity index (χ3n) is 3.53. The highest BCUT2D eigenvalue weighted by Crippen LogP contribution is 2.43. The number of nitrogens with one attached hydrogen (secondary N) is 2. The van der Waals surface area contributed by atoms with Crippen molar-refractivity contribution in [2.75, 3.05) is 4.72 Å². The van der Waals surface area contributed by atoms with Crippen molar-refractivity contribution >= 4 is 39.0 Å². The van der Waals surface area contributed by atoms with Gasteiger partial charge < -0.3 is 0 Å². The lowest BCUT2D eigenvalue weighted by atomic mass is 10.1. The quantitative estimate of drug-likeness (QED) is 0.590. The van der Waals surface area contributed by atoms with Crippen LogP contribution in [-0.2, 0) is 16.2 Å². The number of alkyl halides is 3. The molecule has 0 amide bonds. The van der Waals surface area contributed by atoms with Crippen molar-refractivity contribution in [2.24, 2.45) is 0 Å². The van der Waals surface area contributed by atoms with Crippen molar-refractivity contribution in [3.8, 4) is 11.1 Å². The van der Waals surface area contributed by atoms with Crippen LogP contribution in [0.1, 0.15) is 5.69 Å². The Kier molecular flexibility index (Phi) is 5.11. The summed E-state index contributed by atoms with van der Waals surface area (Å²) in [5.41, 5.74) is -1.84. The second-order valence-electron chi connectivity index (χ2n) is 5.36. The molecule has 0 atom stereocenters. The number of sulfonamides is 1. The minimum absolute atomic E-state index is 0.0760. The smallest absolute Gasteiger partial charge is 0.271 e. The number of H-pyrrole nitrogens is 1. The first-order valence-corrected chi connectivity index (χ1v) is 9.52. The van der Waals surface area contributed by atoms with Gasteiger partial charge in [0.2, 0.25) is 0 Å². The zero-order valence-electron chi connectivity index (χ0n) is 13.2. The van der Waals surface area contributed by atoms with E-state index < -0.39 is 33.3 Å². The molecule has 142 valence electrons. The molecule has 0 radical (unpaired) electrons. The maximum absolute atomic E-state index is 13.4. The maximum atomic E-state index is 13.4. The second kappa shape index (κ2) is 7.06. The number of anilines is 1. The van der Waals surface area contributed by atoms with Gasteiger partial charge in [0.15, 0.2) is 5.82 Å². The molecular weight excluding hydrogens is 426 g/mol. The third-order valence-corrected chi connectivity index (χ3v) is 5.44. The van der Waals surface area contributed by atoms with E-state index >= 15 is 0 Å². The number of hydrogen-bond donors (Lipinski definition) is 2. The number of aromatic amines is 1. The van der Waals surface area contributed by atoms with Gasteiger partial charge in [-0.05, 0) is 24.3 Å². The monoisotopic (exact) mass is 435 g/mol. The van der Waals surface area contributed by atoms with E-state index in [9.17, 15) is 21.6 Å². The molecule has 0 saturated heterocycles. The summed E-state index contributed by atoms with van der Waals surface area (Å²) in [4.78, 5) is -0.130. The lowest BCUT2D eigenvalue weighted by Crippen LogP contribution is -2.14. The van der Waals surface area contributed by atoms with Crippen LogP contribution < -0.4 is 4.72 Å². The van der Waals surface area contributed by atoms with E-state index in [1.807, 2.05) is 5.10 Å². The first kappa shape index (κ1) is 19.5. The van der Waals surface area contributed by atoms with E-state index in [4.69, 9.17) is 23.2 Å². The molecular formula is C16H10Cl2F3N3O2S. The van der Waals surface area contributed by atoms with Crippen LogP contribution in [0.3, 0.4) is 0 Å². The molecule has 3 aromatic rings. The van der Waals surface area contributed by atoms with E-state index in [2.05, 4.69) is 9.82 Å². The molecule has 0 aliphatic heterocycles. The van der Waals surface area contributed by atoms with Crippen LogP contribution in [0.15, 0.2) is 53.4 Å². The molecule has 11 heteroatoms. The van der Waals surface area contributed by atoms with Crippen LogP contribution in [0.5, 0.6) is 0 Å². The van der Waals surface area contributed by atoms with Crippen molar-refractivity contribution in [1.29, 1.82) is 0 Å². The van der Waals surface area contributed by atoms with Gasteiger partial charge in [0.1, 0.15) is 5.69 Å². The molecule has 0 unspecified atom stereocenters. The van der Waals surface area contributed by atoms with Crippen molar-refractivity contribution in [2.45, 2.75) is 11.1 Å². The molecule has 0 aliphatic rings. The predicted molar refractivity (Wildman–Crippen MR) is 96.3 cm³/mol. The van der Waals surface area contributed by atoms with Crippen LogP contribution in [0.25, 0.3) is 11.1 Å². The molecule has 1 aromatic heterocycles. The number of halogens is 5. The molecule has 5 nitrogen and oxygen atoms in total. The van der Waals surface area contributed by atoms with Crippen LogP contribution in [0, 0.1) is 0 Å². The Hall–Kier alpha value is -2.23. The van der Waals surface area contributed by atoms with Crippen LogP contribution in [0.4, 0.5) is 19.0 Å². The van der Waals surface area contributed by atoms with Crippen molar-refractivity contribution in [1.82, 2.24) is 10.2 Å². The topological polar surface area (TPSA) is 74.8 Å². The average molecular weight is 436 g/mol. The molecule has 2 aromatic carbocycles. The molecule has 0 bridgehead atoms. The molecule has 27 heavy (non-hydrogen) atoms.